The highest BCUT2D eigenvalue weighted by atomic mass is 15.3. The first-order valence-corrected chi connectivity index (χ1v) is 6.35. The van der Waals surface area contributed by atoms with Crippen LogP contribution in [0.5, 0.6) is 0 Å². The SMILES string of the molecule is Cn1nccc1C(NN)c1ccc2c(c1)CCC2. The van der Waals surface area contributed by atoms with E-state index < -0.39 is 0 Å². The molecular weight excluding hydrogens is 224 g/mol. The number of rotatable bonds is 3. The van der Waals surface area contributed by atoms with Gasteiger partial charge in [-0.2, -0.15) is 5.10 Å². The summed E-state index contributed by atoms with van der Waals surface area (Å²) in [6.45, 7) is 0. The number of fused-ring (bicyclic) bond motifs is 1. The molecule has 3 N–H and O–H groups in total. The molecule has 94 valence electrons. The largest absolute Gasteiger partial charge is 0.271 e. The Labute approximate surface area is 107 Å². The first-order chi connectivity index (χ1) is 8.79. The van der Waals surface area contributed by atoms with Crippen LogP contribution in [0.15, 0.2) is 30.5 Å². The Hall–Kier alpha value is -1.65. The molecule has 18 heavy (non-hydrogen) atoms. The zero-order valence-electron chi connectivity index (χ0n) is 10.6. The fourth-order valence-corrected chi connectivity index (χ4v) is 2.79. The number of nitrogens with zero attached hydrogens (tertiary/aromatic N) is 2. The lowest BCUT2D eigenvalue weighted by molar-refractivity contribution is 0.574. The molecule has 3 rings (SSSR count). The Kier molecular flexibility index (Phi) is 2.89. The van der Waals surface area contributed by atoms with Gasteiger partial charge in [-0.3, -0.25) is 10.5 Å². The molecule has 1 heterocycles. The number of hydrogen-bond donors (Lipinski definition) is 2. The smallest absolute Gasteiger partial charge is 0.0878 e. The number of nitrogens with two attached hydrogens (primary N) is 1. The van der Waals surface area contributed by atoms with Crippen LogP contribution in [0, 0.1) is 0 Å². The van der Waals surface area contributed by atoms with Gasteiger partial charge in [0.05, 0.1) is 11.7 Å². The lowest BCUT2D eigenvalue weighted by atomic mass is 9.99. The molecule has 1 aromatic heterocycles. The minimum atomic E-state index is 0.00315. The van der Waals surface area contributed by atoms with Gasteiger partial charge in [0.2, 0.25) is 0 Å². The molecule has 0 amide bonds. The fourth-order valence-electron chi connectivity index (χ4n) is 2.79. The Balaban J connectivity index is 2.00. The van der Waals surface area contributed by atoms with E-state index in [0.717, 1.165) is 5.69 Å². The molecule has 1 aliphatic carbocycles. The van der Waals surface area contributed by atoms with Crippen LogP contribution in [0.2, 0.25) is 0 Å². The van der Waals surface area contributed by atoms with E-state index in [-0.39, 0.29) is 6.04 Å². The molecule has 0 bridgehead atoms. The summed E-state index contributed by atoms with van der Waals surface area (Å²) in [5, 5.41) is 4.20. The highest BCUT2D eigenvalue weighted by Crippen LogP contribution is 2.27. The number of hydrazine groups is 1. The van der Waals surface area contributed by atoms with E-state index in [9.17, 15) is 0 Å². The second kappa shape index (κ2) is 4.55. The van der Waals surface area contributed by atoms with Gasteiger partial charge in [-0.05, 0) is 42.0 Å². The molecule has 1 aromatic carbocycles. The summed E-state index contributed by atoms with van der Waals surface area (Å²) >= 11 is 0. The van der Waals surface area contributed by atoms with Gasteiger partial charge in [-0.15, -0.1) is 0 Å². The minimum absolute atomic E-state index is 0.00315. The van der Waals surface area contributed by atoms with Crippen molar-refractivity contribution in [3.63, 3.8) is 0 Å². The third-order valence-electron chi connectivity index (χ3n) is 3.78. The van der Waals surface area contributed by atoms with Gasteiger partial charge in [0.15, 0.2) is 0 Å². The number of nitrogens with one attached hydrogen (secondary N) is 1. The molecule has 1 atom stereocenters. The fraction of sp³-hybridized carbons (Fsp3) is 0.357. The quantitative estimate of drug-likeness (QED) is 0.633. The summed E-state index contributed by atoms with van der Waals surface area (Å²) in [5.41, 5.74) is 8.13. The lowest BCUT2D eigenvalue weighted by Crippen LogP contribution is -2.30. The minimum Gasteiger partial charge on any atom is -0.271 e. The molecule has 0 fully saturated rings. The summed E-state index contributed by atoms with van der Waals surface area (Å²) in [6.07, 6.45) is 5.46. The maximum absolute atomic E-state index is 5.72. The maximum atomic E-state index is 5.72. The van der Waals surface area contributed by atoms with Crippen molar-refractivity contribution in [2.75, 3.05) is 0 Å². The van der Waals surface area contributed by atoms with Crippen LogP contribution in [-0.4, -0.2) is 9.78 Å². The van der Waals surface area contributed by atoms with E-state index in [1.165, 1.54) is 36.0 Å². The summed E-state index contributed by atoms with van der Waals surface area (Å²) in [7, 11) is 1.94. The normalized spacial score (nSPS) is 15.7. The highest BCUT2D eigenvalue weighted by Gasteiger charge is 2.18. The topological polar surface area (TPSA) is 55.9 Å². The standard InChI is InChI=1S/C14H18N4/c1-18-13(7-8-16-18)14(17-15)12-6-5-10-3-2-4-11(10)9-12/h5-9,14,17H,2-4,15H2,1H3. The number of aryl methyl sites for hydroxylation is 3. The molecule has 1 aliphatic rings. The van der Waals surface area contributed by atoms with E-state index in [2.05, 4.69) is 28.7 Å². The molecule has 1 unspecified atom stereocenters. The van der Waals surface area contributed by atoms with Crippen LogP contribution in [-0.2, 0) is 19.9 Å². The summed E-state index contributed by atoms with van der Waals surface area (Å²) in [5.74, 6) is 5.72. The van der Waals surface area contributed by atoms with Crippen molar-refractivity contribution >= 4 is 0 Å². The Morgan fingerprint density at radius 2 is 2.11 bits per heavy atom. The molecule has 0 saturated heterocycles. The van der Waals surface area contributed by atoms with Crippen LogP contribution < -0.4 is 11.3 Å². The molecule has 0 spiro atoms. The van der Waals surface area contributed by atoms with Crippen LogP contribution in [0.25, 0.3) is 0 Å². The second-order valence-electron chi connectivity index (χ2n) is 4.86. The van der Waals surface area contributed by atoms with Crippen molar-refractivity contribution in [3.05, 3.63) is 52.8 Å². The number of hydrogen-bond acceptors (Lipinski definition) is 3. The summed E-state index contributed by atoms with van der Waals surface area (Å²) in [4.78, 5) is 0. The van der Waals surface area contributed by atoms with Crippen LogP contribution in [0.3, 0.4) is 0 Å². The zero-order valence-corrected chi connectivity index (χ0v) is 10.6. The van der Waals surface area contributed by atoms with Crippen molar-refractivity contribution < 1.29 is 0 Å². The average molecular weight is 242 g/mol. The monoisotopic (exact) mass is 242 g/mol. The molecular formula is C14H18N4. The van der Waals surface area contributed by atoms with Crippen LogP contribution >= 0.6 is 0 Å². The number of aromatic nitrogens is 2. The molecule has 4 heteroatoms. The Morgan fingerprint density at radius 3 is 2.83 bits per heavy atom. The predicted octanol–water partition coefficient (Wildman–Crippen LogP) is 1.46. The van der Waals surface area contributed by atoms with Gasteiger partial charge >= 0.3 is 0 Å². The third-order valence-corrected chi connectivity index (χ3v) is 3.78. The first kappa shape index (κ1) is 11.4. The lowest BCUT2D eigenvalue weighted by Gasteiger charge is -2.17. The average Bonchev–Trinajstić information content (AvgIpc) is 2.99. The molecule has 4 nitrogen and oxygen atoms in total. The van der Waals surface area contributed by atoms with Gasteiger partial charge in [-0.1, -0.05) is 18.2 Å². The molecule has 2 aromatic rings. The maximum Gasteiger partial charge on any atom is 0.0878 e. The van der Waals surface area contributed by atoms with E-state index in [4.69, 9.17) is 5.84 Å². The van der Waals surface area contributed by atoms with Crippen molar-refractivity contribution in [1.29, 1.82) is 0 Å². The van der Waals surface area contributed by atoms with E-state index in [1.807, 2.05) is 17.8 Å². The third kappa shape index (κ3) is 1.83. The Morgan fingerprint density at radius 1 is 1.28 bits per heavy atom. The van der Waals surface area contributed by atoms with Crippen LogP contribution in [0.4, 0.5) is 0 Å². The van der Waals surface area contributed by atoms with Crippen molar-refractivity contribution in [2.24, 2.45) is 12.9 Å². The van der Waals surface area contributed by atoms with Crippen molar-refractivity contribution in [1.82, 2.24) is 15.2 Å². The van der Waals surface area contributed by atoms with Crippen molar-refractivity contribution in [3.8, 4) is 0 Å². The van der Waals surface area contributed by atoms with Crippen molar-refractivity contribution in [2.45, 2.75) is 25.3 Å². The summed E-state index contributed by atoms with van der Waals surface area (Å²) in [6, 6.07) is 8.68. The Bertz CT molecular complexity index is 559. The predicted molar refractivity (Wildman–Crippen MR) is 70.8 cm³/mol. The van der Waals surface area contributed by atoms with E-state index in [1.54, 1.807) is 6.20 Å². The van der Waals surface area contributed by atoms with Crippen LogP contribution in [0.1, 0.15) is 34.8 Å². The first-order valence-electron chi connectivity index (χ1n) is 6.35. The van der Waals surface area contributed by atoms with E-state index in [0.29, 0.717) is 0 Å². The van der Waals surface area contributed by atoms with Gasteiger partial charge in [0, 0.05) is 13.2 Å². The van der Waals surface area contributed by atoms with Gasteiger partial charge < -0.3 is 0 Å². The molecule has 0 saturated carbocycles. The number of benzene rings is 1. The summed E-state index contributed by atoms with van der Waals surface area (Å²) < 4.78 is 1.86. The highest BCUT2D eigenvalue weighted by molar-refractivity contribution is 5.38. The molecule has 0 aliphatic heterocycles. The van der Waals surface area contributed by atoms with Gasteiger partial charge in [0.1, 0.15) is 0 Å². The van der Waals surface area contributed by atoms with E-state index >= 15 is 0 Å². The molecule has 0 radical (unpaired) electrons. The van der Waals surface area contributed by atoms with Gasteiger partial charge in [-0.25, -0.2) is 5.43 Å². The van der Waals surface area contributed by atoms with Gasteiger partial charge in [0.25, 0.3) is 0 Å². The zero-order chi connectivity index (χ0) is 12.5. The second-order valence-corrected chi connectivity index (χ2v) is 4.86.